The van der Waals surface area contributed by atoms with Crippen LogP contribution in [0.4, 0.5) is 0 Å². The summed E-state index contributed by atoms with van der Waals surface area (Å²) in [5, 5.41) is 4.42. The van der Waals surface area contributed by atoms with Crippen LogP contribution in [0.15, 0.2) is 24.3 Å². The normalized spacial score (nSPS) is 12.3. The first-order chi connectivity index (χ1) is 12.4. The topological polar surface area (TPSA) is 76.0 Å². The summed E-state index contributed by atoms with van der Waals surface area (Å²) in [4.78, 5) is 22.3. The molecule has 0 aliphatic carbocycles. The number of carbonyl (C=O) groups excluding carboxylic acids is 1. The van der Waals surface area contributed by atoms with Crippen molar-refractivity contribution in [2.24, 2.45) is 0 Å². The van der Waals surface area contributed by atoms with Crippen molar-refractivity contribution in [3.63, 3.8) is 0 Å². The molecular weight excluding hydrogens is 330 g/mol. The molecule has 3 aromatic rings. The summed E-state index contributed by atoms with van der Waals surface area (Å²) in [5.41, 5.74) is 3.74. The molecule has 2 heterocycles. The van der Waals surface area contributed by atoms with Gasteiger partial charge >= 0.3 is 0 Å². The van der Waals surface area contributed by atoms with Crippen molar-refractivity contribution in [1.82, 2.24) is 24.6 Å². The van der Waals surface area contributed by atoms with E-state index < -0.39 is 0 Å². The third-order valence-corrected chi connectivity index (χ3v) is 4.57. The van der Waals surface area contributed by atoms with E-state index in [9.17, 15) is 4.79 Å². The van der Waals surface area contributed by atoms with E-state index >= 15 is 0 Å². The minimum Gasteiger partial charge on any atom is -0.497 e. The SMILES string of the molecule is COc1ccc2nc(CCN(C)C(=O)C(C)n3nc(C)cc3C)[nH]c2c1. The zero-order valence-electron chi connectivity index (χ0n) is 15.9. The summed E-state index contributed by atoms with van der Waals surface area (Å²) in [6, 6.07) is 7.39. The van der Waals surface area contributed by atoms with Crippen LogP contribution in [0.2, 0.25) is 0 Å². The largest absolute Gasteiger partial charge is 0.497 e. The van der Waals surface area contributed by atoms with Gasteiger partial charge in [-0.1, -0.05) is 0 Å². The number of rotatable bonds is 6. The van der Waals surface area contributed by atoms with Crippen LogP contribution in [0.1, 0.15) is 30.2 Å². The number of benzene rings is 1. The number of amides is 1. The second kappa shape index (κ2) is 7.19. The zero-order chi connectivity index (χ0) is 18.8. The number of fused-ring (bicyclic) bond motifs is 1. The molecule has 3 rings (SSSR count). The number of aryl methyl sites for hydroxylation is 2. The number of aromatic nitrogens is 4. The molecule has 0 radical (unpaired) electrons. The van der Waals surface area contributed by atoms with Gasteiger partial charge in [0.25, 0.3) is 0 Å². The Bertz CT molecular complexity index is 927. The predicted molar refractivity (Wildman–Crippen MR) is 100 cm³/mol. The Morgan fingerprint density at radius 1 is 1.35 bits per heavy atom. The monoisotopic (exact) mass is 355 g/mol. The molecule has 2 aromatic heterocycles. The first-order valence-corrected chi connectivity index (χ1v) is 8.69. The van der Waals surface area contributed by atoms with Crippen LogP contribution in [0.25, 0.3) is 11.0 Å². The van der Waals surface area contributed by atoms with Crippen LogP contribution in [0, 0.1) is 13.8 Å². The van der Waals surface area contributed by atoms with Crippen LogP contribution < -0.4 is 4.74 Å². The highest BCUT2D eigenvalue weighted by molar-refractivity contribution is 5.80. The standard InChI is InChI=1S/C19H25N5O2/c1-12-10-13(2)24(22-12)14(3)19(25)23(4)9-8-18-20-16-7-6-15(26-5)11-17(16)21-18/h6-7,10-11,14H,8-9H2,1-5H3,(H,20,21). The van der Waals surface area contributed by atoms with Crippen molar-refractivity contribution in [3.05, 3.63) is 41.5 Å². The van der Waals surface area contributed by atoms with Gasteiger partial charge in [0.1, 0.15) is 17.6 Å². The van der Waals surface area contributed by atoms with E-state index in [2.05, 4.69) is 15.1 Å². The fourth-order valence-corrected chi connectivity index (χ4v) is 3.13. The van der Waals surface area contributed by atoms with E-state index in [-0.39, 0.29) is 11.9 Å². The van der Waals surface area contributed by atoms with Crippen LogP contribution in [0.3, 0.4) is 0 Å². The van der Waals surface area contributed by atoms with Crippen LogP contribution in [0.5, 0.6) is 5.75 Å². The molecule has 1 aromatic carbocycles. The average Bonchev–Trinajstić information content (AvgIpc) is 3.19. The third-order valence-electron chi connectivity index (χ3n) is 4.57. The maximum atomic E-state index is 12.7. The number of H-pyrrole nitrogens is 1. The number of likely N-dealkylation sites (N-methyl/N-ethyl adjacent to an activating group) is 1. The highest BCUT2D eigenvalue weighted by Crippen LogP contribution is 2.19. The quantitative estimate of drug-likeness (QED) is 0.737. The highest BCUT2D eigenvalue weighted by Gasteiger charge is 2.21. The molecular formula is C19H25N5O2. The minimum atomic E-state index is -0.325. The molecule has 1 amide bonds. The van der Waals surface area contributed by atoms with Crippen molar-refractivity contribution in [2.45, 2.75) is 33.2 Å². The third kappa shape index (κ3) is 3.56. The van der Waals surface area contributed by atoms with Crippen molar-refractivity contribution in [2.75, 3.05) is 20.7 Å². The number of nitrogens with one attached hydrogen (secondary N) is 1. The van der Waals surface area contributed by atoms with E-state index in [4.69, 9.17) is 4.74 Å². The molecule has 0 saturated carbocycles. The molecule has 0 bridgehead atoms. The molecule has 7 nitrogen and oxygen atoms in total. The van der Waals surface area contributed by atoms with Gasteiger partial charge in [-0.05, 0) is 39.0 Å². The number of imidazole rings is 1. The fraction of sp³-hybridized carbons (Fsp3) is 0.421. The summed E-state index contributed by atoms with van der Waals surface area (Å²) in [6.45, 7) is 6.36. The molecule has 0 saturated heterocycles. The molecule has 1 unspecified atom stereocenters. The Kier molecular flexibility index (Phi) is 4.97. The molecule has 26 heavy (non-hydrogen) atoms. The number of ether oxygens (including phenoxy) is 1. The summed E-state index contributed by atoms with van der Waals surface area (Å²) in [7, 11) is 3.46. The van der Waals surface area contributed by atoms with Gasteiger partial charge in [-0.2, -0.15) is 5.10 Å². The van der Waals surface area contributed by atoms with E-state index in [1.54, 1.807) is 16.7 Å². The van der Waals surface area contributed by atoms with Crippen LogP contribution >= 0.6 is 0 Å². The van der Waals surface area contributed by atoms with E-state index in [1.807, 2.05) is 52.1 Å². The number of methoxy groups -OCH3 is 1. The second-order valence-corrected chi connectivity index (χ2v) is 6.62. The van der Waals surface area contributed by atoms with Gasteiger partial charge in [-0.3, -0.25) is 9.48 Å². The molecule has 7 heteroatoms. The minimum absolute atomic E-state index is 0.0361. The highest BCUT2D eigenvalue weighted by atomic mass is 16.5. The Labute approximate surface area is 153 Å². The molecule has 1 atom stereocenters. The number of hydrogen-bond acceptors (Lipinski definition) is 4. The zero-order valence-corrected chi connectivity index (χ0v) is 15.9. The maximum absolute atomic E-state index is 12.7. The second-order valence-electron chi connectivity index (χ2n) is 6.62. The van der Waals surface area contributed by atoms with Gasteiger partial charge < -0.3 is 14.6 Å². The first kappa shape index (κ1) is 18.0. The smallest absolute Gasteiger partial charge is 0.246 e. The lowest BCUT2D eigenvalue weighted by Crippen LogP contribution is -2.35. The molecule has 0 aliphatic heterocycles. The lowest BCUT2D eigenvalue weighted by atomic mass is 10.2. The van der Waals surface area contributed by atoms with Gasteiger partial charge in [-0.25, -0.2) is 4.98 Å². The van der Waals surface area contributed by atoms with Gasteiger partial charge in [0.2, 0.25) is 5.91 Å². The molecule has 1 N–H and O–H groups in total. The maximum Gasteiger partial charge on any atom is 0.246 e. The first-order valence-electron chi connectivity index (χ1n) is 8.69. The fourth-order valence-electron chi connectivity index (χ4n) is 3.13. The van der Waals surface area contributed by atoms with Gasteiger partial charge in [-0.15, -0.1) is 0 Å². The number of nitrogens with zero attached hydrogens (tertiary/aromatic N) is 4. The Hall–Kier alpha value is -2.83. The van der Waals surface area contributed by atoms with E-state index in [0.29, 0.717) is 13.0 Å². The van der Waals surface area contributed by atoms with Crippen molar-refractivity contribution in [1.29, 1.82) is 0 Å². The van der Waals surface area contributed by atoms with Crippen molar-refractivity contribution in [3.8, 4) is 5.75 Å². The van der Waals surface area contributed by atoms with Gasteiger partial charge in [0.05, 0.1) is 23.8 Å². The Balaban J connectivity index is 1.65. The summed E-state index contributed by atoms with van der Waals surface area (Å²) >= 11 is 0. The number of aromatic amines is 1. The van der Waals surface area contributed by atoms with Crippen molar-refractivity contribution < 1.29 is 9.53 Å². The molecule has 0 fully saturated rings. The summed E-state index contributed by atoms with van der Waals surface area (Å²) < 4.78 is 7.01. The molecule has 0 spiro atoms. The Morgan fingerprint density at radius 2 is 2.12 bits per heavy atom. The van der Waals surface area contributed by atoms with E-state index in [0.717, 1.165) is 34.0 Å². The predicted octanol–water partition coefficient (Wildman–Crippen LogP) is 2.65. The Morgan fingerprint density at radius 3 is 2.77 bits per heavy atom. The molecule has 138 valence electrons. The van der Waals surface area contributed by atoms with Crippen LogP contribution in [-0.2, 0) is 11.2 Å². The van der Waals surface area contributed by atoms with Crippen LogP contribution in [-0.4, -0.2) is 51.3 Å². The number of hydrogen-bond donors (Lipinski definition) is 1. The lowest BCUT2D eigenvalue weighted by Gasteiger charge is -2.22. The molecule has 0 aliphatic rings. The van der Waals surface area contributed by atoms with E-state index in [1.165, 1.54) is 0 Å². The summed E-state index contributed by atoms with van der Waals surface area (Å²) in [6.07, 6.45) is 0.656. The van der Waals surface area contributed by atoms with Gasteiger partial charge in [0.15, 0.2) is 0 Å². The van der Waals surface area contributed by atoms with Gasteiger partial charge in [0, 0.05) is 31.8 Å². The summed E-state index contributed by atoms with van der Waals surface area (Å²) in [5.74, 6) is 1.68. The number of carbonyl (C=O) groups is 1. The average molecular weight is 355 g/mol. The lowest BCUT2D eigenvalue weighted by molar-refractivity contribution is -0.133. The van der Waals surface area contributed by atoms with Crippen molar-refractivity contribution >= 4 is 16.9 Å².